The summed E-state index contributed by atoms with van der Waals surface area (Å²) in [7, 11) is -2.85. The highest BCUT2D eigenvalue weighted by atomic mass is 35.5. The zero-order chi connectivity index (χ0) is 23.3. The van der Waals surface area contributed by atoms with E-state index >= 15 is 0 Å². The van der Waals surface area contributed by atoms with E-state index in [0.717, 1.165) is 5.56 Å². The lowest BCUT2D eigenvalue weighted by molar-refractivity contribution is -0.117. The zero-order valence-electron chi connectivity index (χ0n) is 16.8. The van der Waals surface area contributed by atoms with Crippen LogP contribution >= 0.6 is 34.8 Å². The number of hydrogen-bond donors (Lipinski definition) is 2. The van der Waals surface area contributed by atoms with Crippen LogP contribution in [0.15, 0.2) is 71.6 Å². The molecule has 0 spiro atoms. The summed E-state index contributed by atoms with van der Waals surface area (Å²) >= 11 is 18.3. The number of halogens is 3. The quantitative estimate of drug-likeness (QED) is 0.434. The summed E-state index contributed by atoms with van der Waals surface area (Å²) in [6.45, 7) is 0. The fourth-order valence-corrected chi connectivity index (χ4v) is 5.10. The second kappa shape index (κ2) is 10.6. The first-order chi connectivity index (χ1) is 15.2. The minimum Gasteiger partial charge on any atom is -0.495 e. The average Bonchev–Trinajstić information content (AvgIpc) is 2.76. The minimum atomic E-state index is -4.19. The summed E-state index contributed by atoms with van der Waals surface area (Å²) in [6, 6.07) is 16.8. The van der Waals surface area contributed by atoms with Crippen molar-refractivity contribution in [2.75, 3.05) is 12.4 Å². The molecule has 0 aliphatic carbocycles. The Labute approximate surface area is 201 Å². The van der Waals surface area contributed by atoms with Gasteiger partial charge in [-0.2, -0.15) is 4.72 Å². The van der Waals surface area contributed by atoms with Crippen molar-refractivity contribution in [1.29, 1.82) is 0 Å². The van der Waals surface area contributed by atoms with Gasteiger partial charge in [-0.1, -0.05) is 71.2 Å². The van der Waals surface area contributed by atoms with Crippen LogP contribution in [0.5, 0.6) is 5.75 Å². The van der Waals surface area contributed by atoms with Crippen molar-refractivity contribution < 1.29 is 17.9 Å². The molecule has 0 aliphatic rings. The van der Waals surface area contributed by atoms with Gasteiger partial charge in [-0.25, -0.2) is 8.42 Å². The van der Waals surface area contributed by atoms with Crippen LogP contribution in [0, 0.1) is 0 Å². The number of para-hydroxylation sites is 1. The number of amides is 1. The highest BCUT2D eigenvalue weighted by Gasteiger charge is 2.29. The molecule has 0 unspecified atom stereocenters. The molecular formula is C22H19Cl3N2O4S. The van der Waals surface area contributed by atoms with Crippen molar-refractivity contribution in [3.63, 3.8) is 0 Å². The molecule has 3 rings (SSSR count). The Hall–Kier alpha value is -2.29. The molecule has 3 aromatic rings. The summed E-state index contributed by atoms with van der Waals surface area (Å²) in [4.78, 5) is 13.0. The van der Waals surface area contributed by atoms with Gasteiger partial charge in [0.25, 0.3) is 0 Å². The van der Waals surface area contributed by atoms with Gasteiger partial charge in [0.05, 0.1) is 22.8 Å². The number of anilines is 1. The van der Waals surface area contributed by atoms with Crippen molar-refractivity contribution in [3.8, 4) is 5.75 Å². The molecule has 1 atom stereocenters. The summed E-state index contributed by atoms with van der Waals surface area (Å²) < 4.78 is 34.0. The van der Waals surface area contributed by atoms with Crippen molar-refractivity contribution in [1.82, 2.24) is 4.72 Å². The van der Waals surface area contributed by atoms with Crippen LogP contribution in [0.3, 0.4) is 0 Å². The summed E-state index contributed by atoms with van der Waals surface area (Å²) in [5, 5.41) is 3.28. The van der Waals surface area contributed by atoms with Gasteiger partial charge >= 0.3 is 0 Å². The van der Waals surface area contributed by atoms with E-state index in [0.29, 0.717) is 0 Å². The van der Waals surface area contributed by atoms with Crippen molar-refractivity contribution >= 4 is 56.4 Å². The second-order valence-electron chi connectivity index (χ2n) is 6.74. The Morgan fingerprint density at radius 1 is 0.969 bits per heavy atom. The predicted molar refractivity (Wildman–Crippen MR) is 127 cm³/mol. The van der Waals surface area contributed by atoms with Crippen LogP contribution in [-0.4, -0.2) is 27.5 Å². The van der Waals surface area contributed by atoms with Crippen LogP contribution in [0.1, 0.15) is 5.56 Å². The Bertz CT molecular complexity index is 1200. The van der Waals surface area contributed by atoms with Crippen LogP contribution in [0.2, 0.25) is 15.1 Å². The molecule has 0 aromatic heterocycles. The van der Waals surface area contributed by atoms with Crippen LogP contribution in [-0.2, 0) is 21.2 Å². The molecule has 0 fully saturated rings. The Morgan fingerprint density at radius 2 is 1.62 bits per heavy atom. The van der Waals surface area contributed by atoms with Crippen molar-refractivity contribution in [2.45, 2.75) is 17.4 Å². The first-order valence-corrected chi connectivity index (χ1v) is 12.0. The van der Waals surface area contributed by atoms with E-state index in [2.05, 4.69) is 10.0 Å². The highest BCUT2D eigenvalue weighted by molar-refractivity contribution is 7.89. The van der Waals surface area contributed by atoms with E-state index in [4.69, 9.17) is 39.5 Å². The summed E-state index contributed by atoms with van der Waals surface area (Å²) in [5.74, 6) is -0.539. The molecule has 1 amide bonds. The van der Waals surface area contributed by atoms with Crippen molar-refractivity contribution in [3.05, 3.63) is 87.4 Å². The van der Waals surface area contributed by atoms with Gasteiger partial charge in [0.15, 0.2) is 0 Å². The van der Waals surface area contributed by atoms with Crippen LogP contribution in [0.4, 0.5) is 5.69 Å². The van der Waals surface area contributed by atoms with Gasteiger partial charge in [-0.15, -0.1) is 0 Å². The fraction of sp³-hybridized carbons (Fsp3) is 0.136. The lowest BCUT2D eigenvalue weighted by Crippen LogP contribution is -2.45. The van der Waals surface area contributed by atoms with E-state index in [1.165, 1.54) is 25.3 Å². The molecule has 10 heteroatoms. The molecular weight excluding hydrogens is 495 g/mol. The number of hydrogen-bond acceptors (Lipinski definition) is 4. The Balaban J connectivity index is 1.96. The molecule has 32 heavy (non-hydrogen) atoms. The SMILES string of the molecule is COc1ccc(Cl)cc1S(=O)(=O)N[C@H](Cc1ccccc1)C(=O)Nc1c(Cl)cccc1Cl. The van der Waals surface area contributed by atoms with Crippen LogP contribution in [0.25, 0.3) is 0 Å². The zero-order valence-corrected chi connectivity index (χ0v) is 19.9. The van der Waals surface area contributed by atoms with E-state index in [9.17, 15) is 13.2 Å². The van der Waals surface area contributed by atoms with E-state index in [1.54, 1.807) is 42.5 Å². The topological polar surface area (TPSA) is 84.5 Å². The standard InChI is InChI=1S/C22H19Cl3N2O4S/c1-31-19-11-10-15(23)13-20(19)32(29,30)27-18(12-14-6-3-2-4-7-14)22(28)26-21-16(24)8-5-9-17(21)25/h2-11,13,18,27H,12H2,1H3,(H,26,28)/t18-/m1/s1. The molecule has 0 saturated heterocycles. The van der Waals surface area contributed by atoms with E-state index < -0.39 is 22.0 Å². The maximum absolute atomic E-state index is 13.2. The van der Waals surface area contributed by atoms with Gasteiger partial charge in [0.1, 0.15) is 16.7 Å². The smallest absolute Gasteiger partial charge is 0.245 e. The van der Waals surface area contributed by atoms with Crippen molar-refractivity contribution in [2.24, 2.45) is 0 Å². The normalized spacial score (nSPS) is 12.2. The largest absolute Gasteiger partial charge is 0.495 e. The lowest BCUT2D eigenvalue weighted by Gasteiger charge is -2.20. The number of benzene rings is 3. The number of carbonyl (C=O) groups excluding carboxylic acids is 1. The number of ether oxygens (including phenoxy) is 1. The average molecular weight is 514 g/mol. The third-order valence-electron chi connectivity index (χ3n) is 4.52. The maximum Gasteiger partial charge on any atom is 0.245 e. The lowest BCUT2D eigenvalue weighted by atomic mass is 10.1. The molecule has 0 saturated carbocycles. The molecule has 168 valence electrons. The number of nitrogens with one attached hydrogen (secondary N) is 2. The Kier molecular flexibility index (Phi) is 8.03. The number of sulfonamides is 1. The molecule has 0 radical (unpaired) electrons. The van der Waals surface area contributed by atoms with Crippen LogP contribution < -0.4 is 14.8 Å². The highest BCUT2D eigenvalue weighted by Crippen LogP contribution is 2.31. The summed E-state index contributed by atoms with van der Waals surface area (Å²) in [6.07, 6.45) is 0.0802. The fourth-order valence-electron chi connectivity index (χ4n) is 2.98. The molecule has 2 N–H and O–H groups in total. The Morgan fingerprint density at radius 3 is 2.25 bits per heavy atom. The number of methoxy groups -OCH3 is 1. The first kappa shape index (κ1) is 24.4. The van der Waals surface area contributed by atoms with E-state index in [-0.39, 0.29) is 37.8 Å². The third-order valence-corrected chi connectivity index (χ3v) is 6.88. The second-order valence-corrected chi connectivity index (χ2v) is 9.68. The number of rotatable bonds is 8. The van der Waals surface area contributed by atoms with E-state index in [1.807, 2.05) is 6.07 Å². The molecule has 0 bridgehead atoms. The van der Waals surface area contributed by atoms with Gasteiger partial charge in [0.2, 0.25) is 15.9 Å². The van der Waals surface area contributed by atoms with Gasteiger partial charge < -0.3 is 10.1 Å². The van der Waals surface area contributed by atoms with Gasteiger partial charge in [0, 0.05) is 5.02 Å². The summed E-state index contributed by atoms with van der Waals surface area (Å²) in [5.41, 5.74) is 0.942. The molecule has 0 aliphatic heterocycles. The molecule has 0 heterocycles. The third kappa shape index (κ3) is 5.94. The predicted octanol–water partition coefficient (Wildman–Crippen LogP) is 5.18. The minimum absolute atomic E-state index is 0.0802. The number of carbonyl (C=O) groups is 1. The monoisotopic (exact) mass is 512 g/mol. The van der Waals surface area contributed by atoms with Gasteiger partial charge in [-0.3, -0.25) is 4.79 Å². The van der Waals surface area contributed by atoms with Gasteiger partial charge in [-0.05, 0) is 42.3 Å². The maximum atomic E-state index is 13.2. The molecule has 6 nitrogen and oxygen atoms in total. The first-order valence-electron chi connectivity index (χ1n) is 9.36. The molecule has 3 aromatic carbocycles.